The molecule has 0 saturated carbocycles. The van der Waals surface area contributed by atoms with E-state index in [0.29, 0.717) is 23.7 Å². The number of hydrogen-bond acceptors (Lipinski definition) is 1. The minimum atomic E-state index is -0.359. The van der Waals surface area contributed by atoms with Crippen LogP contribution in [0, 0.1) is 5.82 Å². The Labute approximate surface area is 148 Å². The highest BCUT2D eigenvalue weighted by Gasteiger charge is 2.35. The van der Waals surface area contributed by atoms with Crippen molar-refractivity contribution in [1.29, 1.82) is 0 Å². The number of hydrogen-bond donors (Lipinski definition) is 0. The van der Waals surface area contributed by atoms with Crippen molar-refractivity contribution in [2.24, 2.45) is 0 Å². The van der Waals surface area contributed by atoms with Crippen molar-refractivity contribution < 1.29 is 4.39 Å². The van der Waals surface area contributed by atoms with Gasteiger partial charge in [0.25, 0.3) is 0 Å². The van der Waals surface area contributed by atoms with E-state index in [9.17, 15) is 4.39 Å². The van der Waals surface area contributed by atoms with E-state index in [0.717, 1.165) is 12.0 Å². The Bertz CT molecular complexity index is 769. The van der Waals surface area contributed by atoms with Gasteiger partial charge in [-0.2, -0.15) is 0 Å². The Morgan fingerprint density at radius 1 is 1.21 bits per heavy atom. The fourth-order valence-corrected chi connectivity index (χ4v) is 3.81. The fraction of sp³-hybridized carbons (Fsp3) is 0.238. The van der Waals surface area contributed by atoms with E-state index in [2.05, 4.69) is 36.6 Å². The highest BCUT2D eigenvalue weighted by molar-refractivity contribution is 6.29. The molecule has 3 rings (SSSR count). The summed E-state index contributed by atoms with van der Waals surface area (Å²) in [5.74, 6) is -0.198. The van der Waals surface area contributed by atoms with E-state index >= 15 is 0 Å². The number of benzene rings is 2. The Morgan fingerprint density at radius 2 is 1.96 bits per heavy atom. The van der Waals surface area contributed by atoms with E-state index in [1.807, 2.05) is 30.3 Å². The molecule has 1 aliphatic rings. The third-order valence-corrected chi connectivity index (χ3v) is 4.66. The maximum absolute atomic E-state index is 14.6. The summed E-state index contributed by atoms with van der Waals surface area (Å²) in [6, 6.07) is 15.4. The summed E-state index contributed by atoms with van der Waals surface area (Å²) in [7, 11) is 0. The van der Waals surface area contributed by atoms with Crippen molar-refractivity contribution in [3.8, 4) is 0 Å². The van der Waals surface area contributed by atoms with E-state index in [-0.39, 0.29) is 11.4 Å². The van der Waals surface area contributed by atoms with Crippen LogP contribution in [0.15, 0.2) is 66.2 Å². The van der Waals surface area contributed by atoms with E-state index < -0.39 is 0 Å². The smallest absolute Gasteiger partial charge is 0.147 e. The monoisotopic (exact) mass is 341 g/mol. The van der Waals surface area contributed by atoms with Gasteiger partial charge in [-0.25, -0.2) is 4.39 Å². The standard InChI is InChI=1S/C21H21ClFN/c1-16(22)14-21(2,15-17-8-4-3-5-9-17)24-13-7-11-18-10-6-12-19(23)20(18)24/h3-12H,1,13-15H2,2H3/t21-/m0/s1. The molecule has 1 heterocycles. The van der Waals surface area contributed by atoms with Gasteiger partial charge in [0.05, 0.1) is 5.69 Å². The van der Waals surface area contributed by atoms with Crippen LogP contribution in [0.25, 0.3) is 6.08 Å². The molecule has 24 heavy (non-hydrogen) atoms. The van der Waals surface area contributed by atoms with E-state index in [1.54, 1.807) is 6.07 Å². The number of halogens is 2. The van der Waals surface area contributed by atoms with E-state index in [1.165, 1.54) is 11.6 Å². The van der Waals surface area contributed by atoms with Crippen molar-refractivity contribution >= 4 is 23.4 Å². The van der Waals surface area contributed by atoms with Gasteiger partial charge >= 0.3 is 0 Å². The second-order valence-electron chi connectivity index (χ2n) is 6.54. The number of rotatable bonds is 5. The Kier molecular flexibility index (Phi) is 4.77. The molecular formula is C21H21ClFN. The predicted octanol–water partition coefficient (Wildman–Crippen LogP) is 5.80. The van der Waals surface area contributed by atoms with Crippen LogP contribution in [0.4, 0.5) is 10.1 Å². The van der Waals surface area contributed by atoms with Gasteiger partial charge in [-0.3, -0.25) is 0 Å². The first-order chi connectivity index (χ1) is 11.5. The summed E-state index contributed by atoms with van der Waals surface area (Å²) in [5, 5.41) is 0.584. The van der Waals surface area contributed by atoms with Gasteiger partial charge in [0.1, 0.15) is 5.82 Å². The molecule has 1 nitrogen and oxygen atoms in total. The lowest BCUT2D eigenvalue weighted by molar-refractivity contribution is 0.422. The quantitative estimate of drug-likeness (QED) is 0.664. The number of para-hydroxylation sites is 1. The van der Waals surface area contributed by atoms with Crippen molar-refractivity contribution in [1.82, 2.24) is 0 Å². The van der Waals surface area contributed by atoms with Crippen molar-refractivity contribution in [2.75, 3.05) is 11.4 Å². The van der Waals surface area contributed by atoms with Gasteiger partial charge in [0.2, 0.25) is 0 Å². The van der Waals surface area contributed by atoms with Crippen LogP contribution >= 0.6 is 11.6 Å². The molecular weight excluding hydrogens is 321 g/mol. The van der Waals surface area contributed by atoms with Gasteiger partial charge in [-0.1, -0.05) is 72.8 Å². The molecule has 0 bridgehead atoms. The molecule has 0 aromatic heterocycles. The molecule has 0 N–H and O–H groups in total. The van der Waals surface area contributed by atoms with Crippen molar-refractivity contribution in [3.05, 3.63) is 83.2 Å². The van der Waals surface area contributed by atoms with E-state index in [4.69, 9.17) is 11.6 Å². The lowest BCUT2D eigenvalue weighted by Gasteiger charge is -2.45. The van der Waals surface area contributed by atoms with Gasteiger partial charge in [-0.15, -0.1) is 0 Å². The summed E-state index contributed by atoms with van der Waals surface area (Å²) in [6.45, 7) is 6.66. The number of fused-ring (bicyclic) bond motifs is 1. The minimum absolute atomic E-state index is 0.198. The molecule has 3 heteroatoms. The zero-order valence-electron chi connectivity index (χ0n) is 13.8. The van der Waals surface area contributed by atoms with Crippen LogP contribution in [0.2, 0.25) is 0 Å². The first-order valence-electron chi connectivity index (χ1n) is 8.09. The van der Waals surface area contributed by atoms with Crippen LogP contribution in [-0.4, -0.2) is 12.1 Å². The molecule has 0 unspecified atom stereocenters. The zero-order chi connectivity index (χ0) is 17.2. The molecule has 2 aromatic rings. The van der Waals surface area contributed by atoms with Gasteiger partial charge in [0.15, 0.2) is 0 Å². The Morgan fingerprint density at radius 3 is 2.67 bits per heavy atom. The van der Waals surface area contributed by atoms with Crippen LogP contribution in [-0.2, 0) is 6.42 Å². The Balaban J connectivity index is 2.04. The van der Waals surface area contributed by atoms with Crippen LogP contribution in [0.5, 0.6) is 0 Å². The summed E-state index contributed by atoms with van der Waals surface area (Å²) >= 11 is 6.18. The maximum atomic E-state index is 14.6. The molecule has 124 valence electrons. The topological polar surface area (TPSA) is 3.24 Å². The molecule has 0 radical (unpaired) electrons. The zero-order valence-corrected chi connectivity index (χ0v) is 14.6. The van der Waals surface area contributed by atoms with Crippen molar-refractivity contribution in [3.63, 3.8) is 0 Å². The molecule has 0 saturated heterocycles. The van der Waals surface area contributed by atoms with Gasteiger partial charge in [-0.05, 0) is 25.0 Å². The second kappa shape index (κ2) is 6.82. The SMILES string of the molecule is C=C(Cl)C[C@@](C)(Cc1ccccc1)N1CC=Cc2cccc(F)c21. The highest BCUT2D eigenvalue weighted by Crippen LogP contribution is 2.38. The van der Waals surface area contributed by atoms with Crippen LogP contribution < -0.4 is 4.90 Å². The molecule has 1 aliphatic heterocycles. The maximum Gasteiger partial charge on any atom is 0.147 e. The normalized spacial score (nSPS) is 15.7. The lowest BCUT2D eigenvalue weighted by Crippen LogP contribution is -2.50. The highest BCUT2D eigenvalue weighted by atomic mass is 35.5. The predicted molar refractivity (Wildman–Crippen MR) is 101 cm³/mol. The number of anilines is 1. The second-order valence-corrected chi connectivity index (χ2v) is 7.08. The third kappa shape index (κ3) is 3.39. The third-order valence-electron chi connectivity index (χ3n) is 4.53. The molecule has 1 atom stereocenters. The lowest BCUT2D eigenvalue weighted by atomic mass is 9.85. The molecule has 0 spiro atoms. The summed E-state index contributed by atoms with van der Waals surface area (Å²) in [4.78, 5) is 2.12. The molecule has 2 aromatic carbocycles. The first-order valence-corrected chi connectivity index (χ1v) is 8.47. The van der Waals surface area contributed by atoms with Gasteiger partial charge < -0.3 is 4.90 Å². The number of nitrogens with zero attached hydrogens (tertiary/aromatic N) is 1. The summed E-state index contributed by atoms with van der Waals surface area (Å²) in [5.41, 5.74) is 2.39. The minimum Gasteiger partial charge on any atom is -0.359 e. The Hall–Kier alpha value is -2.06. The average molecular weight is 342 g/mol. The van der Waals surface area contributed by atoms with Gasteiger partial charge in [0, 0.05) is 29.1 Å². The molecule has 0 amide bonds. The fourth-order valence-electron chi connectivity index (χ4n) is 3.52. The summed E-state index contributed by atoms with van der Waals surface area (Å²) < 4.78 is 14.6. The largest absolute Gasteiger partial charge is 0.359 e. The van der Waals surface area contributed by atoms with Crippen molar-refractivity contribution in [2.45, 2.75) is 25.3 Å². The van der Waals surface area contributed by atoms with Crippen LogP contribution in [0.1, 0.15) is 24.5 Å². The first kappa shape index (κ1) is 16.8. The molecule has 0 aliphatic carbocycles. The molecule has 0 fully saturated rings. The van der Waals surface area contributed by atoms with Crippen LogP contribution in [0.3, 0.4) is 0 Å². The summed E-state index contributed by atoms with van der Waals surface area (Å²) in [6.07, 6.45) is 5.40. The average Bonchev–Trinajstić information content (AvgIpc) is 2.55.